The molecule has 3 heterocycles. The summed E-state index contributed by atoms with van der Waals surface area (Å²) >= 11 is 1.87. The van der Waals surface area contributed by atoms with Gasteiger partial charge in [-0.3, -0.25) is 4.99 Å². The maximum absolute atomic E-state index is 7.63. The van der Waals surface area contributed by atoms with E-state index in [1.54, 1.807) is 0 Å². The lowest BCUT2D eigenvalue weighted by Gasteiger charge is -2.23. The van der Waals surface area contributed by atoms with Crippen LogP contribution >= 0.6 is 11.8 Å². The van der Waals surface area contributed by atoms with Gasteiger partial charge >= 0.3 is 0 Å². The van der Waals surface area contributed by atoms with Gasteiger partial charge in [-0.25, -0.2) is 5.43 Å². The first-order valence-electron chi connectivity index (χ1n) is 12.3. The molecular weight excluding hydrogens is 452 g/mol. The van der Waals surface area contributed by atoms with Gasteiger partial charge in [0, 0.05) is 60.8 Å². The minimum absolute atomic E-state index is 0.0523. The average Bonchev–Trinajstić information content (AvgIpc) is 3.25. The predicted molar refractivity (Wildman–Crippen MR) is 151 cm³/mol. The molecule has 184 valence electrons. The quantitative estimate of drug-likeness (QED) is 0.219. The fraction of sp³-hybridized carbons (Fsp3) is 0.357. The second-order valence-electron chi connectivity index (χ2n) is 9.08. The second kappa shape index (κ2) is 11.6. The van der Waals surface area contributed by atoms with E-state index in [4.69, 9.17) is 5.41 Å². The number of allylic oxidation sites excluding steroid dienone is 3. The predicted octanol–water partition coefficient (Wildman–Crippen LogP) is 5.58. The van der Waals surface area contributed by atoms with Crippen molar-refractivity contribution >= 4 is 29.9 Å². The van der Waals surface area contributed by atoms with Gasteiger partial charge in [0.1, 0.15) is 0 Å². The zero-order chi connectivity index (χ0) is 24.8. The molecule has 0 aromatic heterocycles. The van der Waals surface area contributed by atoms with Gasteiger partial charge in [0.2, 0.25) is 0 Å². The van der Waals surface area contributed by atoms with Gasteiger partial charge in [0.15, 0.2) is 0 Å². The van der Waals surface area contributed by atoms with Crippen LogP contribution in [0, 0.1) is 11.3 Å². The molecule has 0 aliphatic carbocycles. The minimum Gasteiger partial charge on any atom is -0.388 e. The molecule has 0 bridgehead atoms. The molecule has 1 aromatic carbocycles. The van der Waals surface area contributed by atoms with E-state index in [0.717, 1.165) is 58.9 Å². The van der Waals surface area contributed by atoms with Gasteiger partial charge in [-0.2, -0.15) is 0 Å². The van der Waals surface area contributed by atoms with Crippen molar-refractivity contribution in [3.05, 3.63) is 87.8 Å². The first-order valence-corrected chi connectivity index (χ1v) is 13.3. The monoisotopic (exact) mass is 488 g/mol. The largest absolute Gasteiger partial charge is 0.388 e. The van der Waals surface area contributed by atoms with E-state index in [2.05, 4.69) is 71.0 Å². The Hall–Kier alpha value is -3.03. The highest BCUT2D eigenvalue weighted by Crippen LogP contribution is 2.42. The molecule has 0 saturated carbocycles. The lowest BCUT2D eigenvalue weighted by atomic mass is 9.94. The molecule has 0 spiro atoms. The van der Waals surface area contributed by atoms with Gasteiger partial charge in [0.05, 0.1) is 11.7 Å². The molecule has 3 aliphatic rings. The molecule has 7 heteroatoms. The third-order valence-electron chi connectivity index (χ3n) is 6.69. The number of rotatable bonds is 10. The SMILES string of the molecule is C=C1C=C(C2C=NC=C(C(=C)NCCCCC)C2)SCC2=C1NNC2c1ccc(C=N)c(NC)c1. The van der Waals surface area contributed by atoms with Crippen LogP contribution < -0.4 is 21.5 Å². The van der Waals surface area contributed by atoms with Crippen molar-refractivity contribution in [3.63, 3.8) is 0 Å². The Labute approximate surface area is 213 Å². The highest BCUT2D eigenvalue weighted by Gasteiger charge is 2.31. The van der Waals surface area contributed by atoms with Crippen LogP contribution in [-0.4, -0.2) is 31.8 Å². The third kappa shape index (κ3) is 5.63. The molecule has 5 N–H and O–H groups in total. The molecule has 2 unspecified atom stereocenters. The van der Waals surface area contributed by atoms with Crippen LogP contribution in [0.25, 0.3) is 0 Å². The maximum atomic E-state index is 7.63. The van der Waals surface area contributed by atoms with Gasteiger partial charge in [-0.15, -0.1) is 11.8 Å². The molecule has 4 rings (SSSR count). The summed E-state index contributed by atoms with van der Waals surface area (Å²) in [4.78, 5) is 5.85. The fourth-order valence-corrected chi connectivity index (χ4v) is 5.84. The summed E-state index contributed by atoms with van der Waals surface area (Å²) < 4.78 is 0. The van der Waals surface area contributed by atoms with E-state index < -0.39 is 0 Å². The summed E-state index contributed by atoms with van der Waals surface area (Å²) in [6, 6.07) is 6.25. The van der Waals surface area contributed by atoms with Gasteiger partial charge in [-0.1, -0.05) is 45.1 Å². The normalized spacial score (nSPS) is 21.5. The summed E-state index contributed by atoms with van der Waals surface area (Å²) in [5.41, 5.74) is 15.3. The van der Waals surface area contributed by atoms with E-state index in [1.807, 2.05) is 31.1 Å². The smallest absolute Gasteiger partial charge is 0.0752 e. The first kappa shape index (κ1) is 25.1. The van der Waals surface area contributed by atoms with Crippen molar-refractivity contribution in [1.82, 2.24) is 16.2 Å². The van der Waals surface area contributed by atoms with Crippen LogP contribution in [0.1, 0.15) is 49.8 Å². The van der Waals surface area contributed by atoms with Crippen molar-refractivity contribution in [3.8, 4) is 0 Å². The van der Waals surface area contributed by atoms with E-state index in [1.165, 1.54) is 35.1 Å². The number of hydrogen-bond donors (Lipinski definition) is 5. The van der Waals surface area contributed by atoms with Crippen molar-refractivity contribution in [2.24, 2.45) is 10.9 Å². The highest BCUT2D eigenvalue weighted by molar-refractivity contribution is 8.03. The molecule has 0 radical (unpaired) electrons. The molecule has 0 fully saturated rings. The summed E-state index contributed by atoms with van der Waals surface area (Å²) in [5, 5.41) is 14.3. The molecule has 35 heavy (non-hydrogen) atoms. The van der Waals surface area contributed by atoms with Crippen LogP contribution in [0.3, 0.4) is 0 Å². The zero-order valence-electron chi connectivity index (χ0n) is 20.7. The lowest BCUT2D eigenvalue weighted by molar-refractivity contribution is 0.590. The topological polar surface area (TPSA) is 84.3 Å². The zero-order valence-corrected chi connectivity index (χ0v) is 21.5. The Morgan fingerprint density at radius 2 is 2.20 bits per heavy atom. The number of aliphatic imine (C=N–C) groups is 1. The van der Waals surface area contributed by atoms with Gasteiger partial charge < -0.3 is 21.5 Å². The fourth-order valence-electron chi connectivity index (χ4n) is 4.62. The second-order valence-corrected chi connectivity index (χ2v) is 10.1. The Morgan fingerprint density at radius 3 is 2.97 bits per heavy atom. The van der Waals surface area contributed by atoms with Crippen molar-refractivity contribution in [1.29, 1.82) is 5.41 Å². The summed E-state index contributed by atoms with van der Waals surface area (Å²) in [7, 11) is 1.89. The molecule has 1 aromatic rings. The molecule has 0 amide bonds. The number of nitrogens with zero attached hydrogens (tertiary/aromatic N) is 1. The number of benzene rings is 1. The van der Waals surface area contributed by atoms with Crippen LogP contribution in [0.2, 0.25) is 0 Å². The highest BCUT2D eigenvalue weighted by atomic mass is 32.2. The number of unbranched alkanes of at least 4 members (excludes halogenated alkanes) is 2. The maximum Gasteiger partial charge on any atom is 0.0752 e. The Kier molecular flexibility index (Phi) is 8.31. The van der Waals surface area contributed by atoms with Crippen molar-refractivity contribution in [2.45, 2.75) is 38.6 Å². The van der Waals surface area contributed by atoms with E-state index in [0.29, 0.717) is 0 Å². The minimum atomic E-state index is 0.0523. The summed E-state index contributed by atoms with van der Waals surface area (Å²) in [6.07, 6.45) is 12.1. The van der Waals surface area contributed by atoms with Crippen LogP contribution in [0.15, 0.2) is 81.6 Å². The van der Waals surface area contributed by atoms with Crippen LogP contribution in [0.5, 0.6) is 0 Å². The van der Waals surface area contributed by atoms with Crippen LogP contribution in [-0.2, 0) is 0 Å². The molecular formula is C28H36N6S. The van der Waals surface area contributed by atoms with Gasteiger partial charge in [0.25, 0.3) is 0 Å². The Morgan fingerprint density at radius 1 is 1.34 bits per heavy atom. The average molecular weight is 489 g/mol. The number of thioether (sulfide) groups is 1. The number of anilines is 1. The summed E-state index contributed by atoms with van der Waals surface area (Å²) in [6.45, 7) is 11.8. The number of hydrazine groups is 1. The lowest BCUT2D eigenvalue weighted by Crippen LogP contribution is -2.28. The molecule has 2 atom stereocenters. The standard InChI is InChI=1S/C28H36N6S/c1-5-6-7-10-32-19(3)22-12-23(16-31-15-22)26-11-18(2)27-24(17-35-26)28(34-33-27)20-8-9-21(14-29)25(13-20)30-4/h8-9,11,13-16,23,28-30,32-34H,2-3,5-7,10,12,17H2,1,4H3. The first-order chi connectivity index (χ1) is 17.0. The number of hydrogen-bond acceptors (Lipinski definition) is 7. The number of nitrogens with one attached hydrogen (secondary N) is 5. The summed E-state index contributed by atoms with van der Waals surface area (Å²) in [5.74, 6) is 1.09. The van der Waals surface area contributed by atoms with Crippen molar-refractivity contribution in [2.75, 3.05) is 24.7 Å². The van der Waals surface area contributed by atoms with Crippen molar-refractivity contribution < 1.29 is 0 Å². The Balaban J connectivity index is 1.44. The molecule has 6 nitrogen and oxygen atoms in total. The van der Waals surface area contributed by atoms with Gasteiger partial charge in [-0.05, 0) is 52.2 Å². The molecule has 3 aliphatic heterocycles. The van der Waals surface area contributed by atoms with E-state index in [-0.39, 0.29) is 12.0 Å². The van der Waals surface area contributed by atoms with Crippen LogP contribution in [0.4, 0.5) is 5.69 Å². The Bertz CT molecular complexity index is 1130. The van der Waals surface area contributed by atoms with E-state index in [9.17, 15) is 0 Å². The third-order valence-corrected chi connectivity index (χ3v) is 7.90. The molecule has 0 saturated heterocycles. The van der Waals surface area contributed by atoms with E-state index >= 15 is 0 Å².